The minimum Gasteiger partial charge on any atom is -0.477 e. The fourth-order valence-corrected chi connectivity index (χ4v) is 1.86. The summed E-state index contributed by atoms with van der Waals surface area (Å²) in [5.74, 6) is -2.78. The number of carbonyl (C=O) groups is 2. The predicted octanol–water partition coefficient (Wildman–Crippen LogP) is 0.888. The number of aromatic nitrogens is 1. The lowest BCUT2D eigenvalue weighted by Crippen LogP contribution is -2.27. The molecule has 0 atom stereocenters. The molecule has 0 aliphatic heterocycles. The van der Waals surface area contributed by atoms with E-state index in [2.05, 4.69) is 0 Å². The smallest absolute Gasteiger partial charge is 0.341 e. The molecule has 2 N–H and O–H groups in total. The zero-order chi connectivity index (χ0) is 12.7. The van der Waals surface area contributed by atoms with Gasteiger partial charge in [0.1, 0.15) is 11.1 Å². The van der Waals surface area contributed by atoms with Gasteiger partial charge in [-0.25, -0.2) is 9.59 Å². The third-order valence-electron chi connectivity index (χ3n) is 2.87. The van der Waals surface area contributed by atoms with Gasteiger partial charge in [0.15, 0.2) is 0 Å². The van der Waals surface area contributed by atoms with Crippen molar-refractivity contribution in [2.75, 3.05) is 0 Å². The first-order valence-corrected chi connectivity index (χ1v) is 5.15. The molecule has 1 saturated carbocycles. The van der Waals surface area contributed by atoms with Crippen molar-refractivity contribution < 1.29 is 19.8 Å². The van der Waals surface area contributed by atoms with E-state index < -0.39 is 28.5 Å². The molecule has 1 aromatic rings. The van der Waals surface area contributed by atoms with E-state index >= 15 is 0 Å². The maximum absolute atomic E-state index is 11.7. The fourth-order valence-electron chi connectivity index (χ4n) is 1.86. The topological polar surface area (TPSA) is 96.6 Å². The van der Waals surface area contributed by atoms with Crippen LogP contribution in [-0.4, -0.2) is 26.7 Å². The van der Waals surface area contributed by atoms with E-state index in [0.717, 1.165) is 12.8 Å². The van der Waals surface area contributed by atoms with Gasteiger partial charge in [0.25, 0.3) is 0 Å². The average molecular weight is 237 g/mol. The second-order valence-corrected chi connectivity index (χ2v) is 4.08. The van der Waals surface area contributed by atoms with Gasteiger partial charge in [-0.05, 0) is 19.8 Å². The Hall–Kier alpha value is -2.11. The van der Waals surface area contributed by atoms with Crippen molar-refractivity contribution in [3.8, 4) is 0 Å². The Kier molecular flexibility index (Phi) is 2.49. The van der Waals surface area contributed by atoms with Crippen molar-refractivity contribution in [1.29, 1.82) is 0 Å². The number of carboxylic acids is 2. The summed E-state index contributed by atoms with van der Waals surface area (Å²) in [5.41, 5.74) is -1.55. The molecule has 0 bridgehead atoms. The van der Waals surface area contributed by atoms with Crippen LogP contribution in [0.4, 0.5) is 0 Å². The Morgan fingerprint density at radius 2 is 1.88 bits per heavy atom. The molecule has 1 aliphatic rings. The quantitative estimate of drug-likeness (QED) is 0.813. The van der Waals surface area contributed by atoms with Crippen LogP contribution in [0.5, 0.6) is 0 Å². The minimum atomic E-state index is -1.40. The third-order valence-corrected chi connectivity index (χ3v) is 2.87. The largest absolute Gasteiger partial charge is 0.477 e. The number of nitrogens with zero attached hydrogens (tertiary/aromatic N) is 1. The molecule has 0 radical (unpaired) electrons. The second kappa shape index (κ2) is 3.73. The summed E-state index contributed by atoms with van der Waals surface area (Å²) in [7, 11) is 0. The average Bonchev–Trinajstić information content (AvgIpc) is 3.00. The molecule has 0 spiro atoms. The normalized spacial score (nSPS) is 14.6. The Morgan fingerprint density at radius 1 is 1.29 bits per heavy atom. The molecule has 1 heterocycles. The summed E-state index contributed by atoms with van der Waals surface area (Å²) >= 11 is 0. The Morgan fingerprint density at radius 3 is 2.29 bits per heavy atom. The maximum Gasteiger partial charge on any atom is 0.341 e. The van der Waals surface area contributed by atoms with Crippen molar-refractivity contribution in [1.82, 2.24) is 4.57 Å². The zero-order valence-corrected chi connectivity index (χ0v) is 9.14. The van der Waals surface area contributed by atoms with Crippen molar-refractivity contribution in [3.05, 3.63) is 33.2 Å². The van der Waals surface area contributed by atoms with Crippen LogP contribution in [0.2, 0.25) is 0 Å². The van der Waals surface area contributed by atoms with Gasteiger partial charge < -0.3 is 14.8 Å². The molecule has 1 fully saturated rings. The van der Waals surface area contributed by atoms with E-state index in [1.54, 1.807) is 4.57 Å². The van der Waals surface area contributed by atoms with Gasteiger partial charge in [0.05, 0.1) is 0 Å². The van der Waals surface area contributed by atoms with Gasteiger partial charge >= 0.3 is 11.9 Å². The molecule has 17 heavy (non-hydrogen) atoms. The van der Waals surface area contributed by atoms with Crippen LogP contribution in [0, 0.1) is 6.92 Å². The number of carboxylic acid groups (broad SMARTS) is 2. The van der Waals surface area contributed by atoms with Crippen LogP contribution in [0.15, 0.2) is 11.0 Å². The first-order chi connectivity index (χ1) is 7.93. The molecule has 6 nitrogen and oxygen atoms in total. The predicted molar refractivity (Wildman–Crippen MR) is 57.6 cm³/mol. The van der Waals surface area contributed by atoms with Gasteiger partial charge in [-0.2, -0.15) is 0 Å². The highest BCUT2D eigenvalue weighted by molar-refractivity contribution is 5.94. The maximum atomic E-state index is 11.7. The highest BCUT2D eigenvalue weighted by atomic mass is 16.4. The van der Waals surface area contributed by atoms with Crippen LogP contribution < -0.4 is 5.43 Å². The Balaban J connectivity index is 2.76. The van der Waals surface area contributed by atoms with Crippen LogP contribution in [0.3, 0.4) is 0 Å². The molecule has 0 aromatic carbocycles. The molecule has 0 saturated heterocycles. The molecule has 2 rings (SSSR count). The zero-order valence-electron chi connectivity index (χ0n) is 9.14. The molecule has 6 heteroatoms. The summed E-state index contributed by atoms with van der Waals surface area (Å²) in [4.78, 5) is 33.6. The number of hydrogen-bond acceptors (Lipinski definition) is 3. The van der Waals surface area contributed by atoms with Crippen molar-refractivity contribution in [3.63, 3.8) is 0 Å². The summed E-state index contributed by atoms with van der Waals surface area (Å²) in [6.07, 6.45) is 2.99. The van der Waals surface area contributed by atoms with E-state index in [4.69, 9.17) is 10.2 Å². The van der Waals surface area contributed by atoms with Crippen LogP contribution in [0.1, 0.15) is 45.3 Å². The molecule has 0 unspecified atom stereocenters. The van der Waals surface area contributed by atoms with Crippen LogP contribution in [0.25, 0.3) is 0 Å². The SMILES string of the molecule is Cc1c(C(=O)O)c(=O)c(C(=O)O)cn1C1CC1. The van der Waals surface area contributed by atoms with Gasteiger partial charge in [-0.3, -0.25) is 4.79 Å². The third kappa shape index (κ3) is 1.82. The van der Waals surface area contributed by atoms with Gasteiger partial charge in [-0.15, -0.1) is 0 Å². The fraction of sp³-hybridized carbons (Fsp3) is 0.364. The van der Waals surface area contributed by atoms with Crippen LogP contribution >= 0.6 is 0 Å². The number of rotatable bonds is 3. The van der Waals surface area contributed by atoms with Crippen molar-refractivity contribution >= 4 is 11.9 Å². The van der Waals surface area contributed by atoms with Crippen molar-refractivity contribution in [2.24, 2.45) is 0 Å². The van der Waals surface area contributed by atoms with Gasteiger partial charge in [0.2, 0.25) is 5.43 Å². The molecule has 1 aromatic heterocycles. The summed E-state index contributed by atoms with van der Waals surface area (Å²) in [5, 5.41) is 17.9. The first-order valence-electron chi connectivity index (χ1n) is 5.15. The van der Waals surface area contributed by atoms with E-state index in [-0.39, 0.29) is 6.04 Å². The van der Waals surface area contributed by atoms with Crippen molar-refractivity contribution in [2.45, 2.75) is 25.8 Å². The summed E-state index contributed by atoms with van der Waals surface area (Å²) in [6, 6.07) is 0.117. The van der Waals surface area contributed by atoms with Gasteiger partial charge in [0, 0.05) is 17.9 Å². The van der Waals surface area contributed by atoms with E-state index in [9.17, 15) is 14.4 Å². The van der Waals surface area contributed by atoms with E-state index in [1.807, 2.05) is 0 Å². The lowest BCUT2D eigenvalue weighted by atomic mass is 10.1. The Bertz CT molecular complexity index is 568. The standard InChI is InChI=1S/C11H11NO5/c1-5-8(11(16)17)9(13)7(10(14)15)4-12(5)6-2-3-6/h4,6H,2-3H2,1H3,(H,14,15)(H,16,17). The number of hydrogen-bond donors (Lipinski definition) is 2. The molecule has 0 amide bonds. The summed E-state index contributed by atoms with van der Waals surface area (Å²) in [6.45, 7) is 1.52. The van der Waals surface area contributed by atoms with E-state index in [0.29, 0.717) is 5.69 Å². The van der Waals surface area contributed by atoms with Gasteiger partial charge in [-0.1, -0.05) is 0 Å². The molecule has 1 aliphatic carbocycles. The summed E-state index contributed by atoms with van der Waals surface area (Å²) < 4.78 is 1.58. The van der Waals surface area contributed by atoms with Crippen LogP contribution in [-0.2, 0) is 0 Å². The Labute approximate surface area is 96.1 Å². The molecular formula is C11H11NO5. The highest BCUT2D eigenvalue weighted by Crippen LogP contribution is 2.36. The minimum absolute atomic E-state index is 0.117. The van der Waals surface area contributed by atoms with E-state index in [1.165, 1.54) is 13.1 Å². The number of pyridine rings is 1. The number of aromatic carboxylic acids is 2. The molecule has 90 valence electrons. The second-order valence-electron chi connectivity index (χ2n) is 4.08. The monoisotopic (exact) mass is 237 g/mol. The molecular weight excluding hydrogens is 226 g/mol. The lowest BCUT2D eigenvalue weighted by molar-refractivity contribution is 0.0692. The first kappa shape index (κ1) is 11.4. The highest BCUT2D eigenvalue weighted by Gasteiger charge is 2.29. The lowest BCUT2D eigenvalue weighted by Gasteiger charge is -2.12.